The van der Waals surface area contributed by atoms with Gasteiger partial charge in [-0.1, -0.05) is 34.1 Å². The Kier molecular flexibility index (Phi) is 4.54. The quantitative estimate of drug-likeness (QED) is 0.436. The van der Waals surface area contributed by atoms with Crippen molar-refractivity contribution in [2.75, 3.05) is 5.32 Å². The molecule has 0 saturated heterocycles. The van der Waals surface area contributed by atoms with Crippen LogP contribution in [0.2, 0.25) is 0 Å². The lowest BCUT2D eigenvalue weighted by molar-refractivity contribution is 0.485. The van der Waals surface area contributed by atoms with Crippen molar-refractivity contribution in [1.82, 2.24) is 9.97 Å². The van der Waals surface area contributed by atoms with Gasteiger partial charge in [0.05, 0.1) is 11.4 Å². The number of nitrogens with zero attached hydrogens (tertiary/aromatic N) is 2. The number of halogens is 1. The van der Waals surface area contributed by atoms with Gasteiger partial charge in [0.1, 0.15) is 5.75 Å². The summed E-state index contributed by atoms with van der Waals surface area (Å²) < 4.78 is 7.02. The van der Waals surface area contributed by atoms with E-state index in [0.29, 0.717) is 0 Å². The van der Waals surface area contributed by atoms with Crippen LogP contribution < -0.4 is 10.1 Å². The Morgan fingerprint density at radius 1 is 0.923 bits per heavy atom. The summed E-state index contributed by atoms with van der Waals surface area (Å²) >= 11 is 3.53. The van der Waals surface area contributed by atoms with Gasteiger partial charge < -0.3 is 10.1 Å². The van der Waals surface area contributed by atoms with Crippen molar-refractivity contribution in [2.45, 2.75) is 6.92 Å². The van der Waals surface area contributed by atoms with Crippen molar-refractivity contribution < 1.29 is 4.74 Å². The summed E-state index contributed by atoms with van der Waals surface area (Å²) in [4.78, 5) is 8.85. The molecule has 0 saturated carbocycles. The van der Waals surface area contributed by atoms with Gasteiger partial charge in [0.25, 0.3) is 0 Å². The van der Waals surface area contributed by atoms with Crippen LogP contribution >= 0.6 is 15.9 Å². The zero-order valence-electron chi connectivity index (χ0n) is 14.1. The molecule has 0 bridgehead atoms. The molecular weight excluding hydrogens is 390 g/mol. The predicted molar refractivity (Wildman–Crippen MR) is 108 cm³/mol. The fraction of sp³-hybridized carbons (Fsp3) is 0.0476. The van der Waals surface area contributed by atoms with Crippen LogP contribution in [0.25, 0.3) is 11.0 Å². The fourth-order valence-corrected chi connectivity index (χ4v) is 3.04. The first-order chi connectivity index (χ1) is 12.7. The minimum atomic E-state index is 0.718. The van der Waals surface area contributed by atoms with E-state index in [1.54, 1.807) is 6.20 Å². The Balaban J connectivity index is 1.73. The number of aromatic nitrogens is 2. The van der Waals surface area contributed by atoms with Gasteiger partial charge >= 0.3 is 0 Å². The third-order valence-corrected chi connectivity index (χ3v) is 4.42. The molecule has 2 heterocycles. The number of rotatable bonds is 4. The standard InChI is InChI=1S/C21H16BrN3O/c1-14-7-9-17-18(11-12-23-21(17)24-14)25-19-13-15(22)8-10-20(19)26-16-5-3-2-4-6-16/h2-13H,1H3,(H,23,24,25). The smallest absolute Gasteiger partial charge is 0.161 e. The number of nitrogens with one attached hydrogen (secondary N) is 1. The molecule has 0 unspecified atom stereocenters. The van der Waals surface area contributed by atoms with E-state index in [9.17, 15) is 0 Å². The zero-order chi connectivity index (χ0) is 17.9. The van der Waals surface area contributed by atoms with Crippen molar-refractivity contribution in [1.29, 1.82) is 0 Å². The number of anilines is 2. The average Bonchev–Trinajstić information content (AvgIpc) is 2.65. The maximum absolute atomic E-state index is 6.05. The first kappa shape index (κ1) is 16.5. The number of hydrogen-bond donors (Lipinski definition) is 1. The van der Waals surface area contributed by atoms with Crippen LogP contribution in [0.1, 0.15) is 5.69 Å². The van der Waals surface area contributed by atoms with Crippen molar-refractivity contribution in [2.24, 2.45) is 0 Å². The van der Waals surface area contributed by atoms with Crippen LogP contribution in [0.15, 0.2) is 77.4 Å². The number of pyridine rings is 2. The second-order valence-electron chi connectivity index (χ2n) is 5.86. The van der Waals surface area contributed by atoms with E-state index in [1.165, 1.54) is 0 Å². The van der Waals surface area contributed by atoms with Crippen LogP contribution in [-0.2, 0) is 0 Å². The van der Waals surface area contributed by atoms with Crippen LogP contribution in [0, 0.1) is 6.92 Å². The molecule has 4 aromatic rings. The molecule has 4 nitrogen and oxygen atoms in total. The fourth-order valence-electron chi connectivity index (χ4n) is 2.68. The molecule has 0 amide bonds. The van der Waals surface area contributed by atoms with E-state index in [2.05, 4.69) is 31.2 Å². The molecule has 2 aromatic carbocycles. The van der Waals surface area contributed by atoms with Crippen LogP contribution in [0.4, 0.5) is 11.4 Å². The Labute approximate surface area is 160 Å². The maximum atomic E-state index is 6.05. The monoisotopic (exact) mass is 405 g/mol. The Morgan fingerprint density at radius 2 is 1.77 bits per heavy atom. The van der Waals surface area contributed by atoms with Gasteiger partial charge in [0.15, 0.2) is 11.4 Å². The highest BCUT2D eigenvalue weighted by atomic mass is 79.9. The van der Waals surface area contributed by atoms with E-state index in [4.69, 9.17) is 4.74 Å². The Morgan fingerprint density at radius 3 is 2.62 bits per heavy atom. The largest absolute Gasteiger partial charge is 0.455 e. The topological polar surface area (TPSA) is 47.0 Å². The lowest BCUT2D eigenvalue weighted by Gasteiger charge is -2.15. The average molecular weight is 406 g/mol. The maximum Gasteiger partial charge on any atom is 0.161 e. The molecule has 1 N–H and O–H groups in total. The summed E-state index contributed by atoms with van der Waals surface area (Å²) in [6.45, 7) is 1.96. The second kappa shape index (κ2) is 7.14. The molecule has 0 aliphatic rings. The predicted octanol–water partition coefficient (Wildman–Crippen LogP) is 6.24. The van der Waals surface area contributed by atoms with Gasteiger partial charge in [0.2, 0.25) is 0 Å². The van der Waals surface area contributed by atoms with Crippen molar-refractivity contribution in [3.05, 3.63) is 83.1 Å². The lowest BCUT2D eigenvalue weighted by atomic mass is 10.2. The summed E-state index contributed by atoms with van der Waals surface area (Å²) in [5, 5.41) is 4.42. The number of hydrogen-bond acceptors (Lipinski definition) is 4. The summed E-state index contributed by atoms with van der Waals surface area (Å²) in [6, 6.07) is 21.6. The van der Waals surface area contributed by atoms with E-state index in [-0.39, 0.29) is 0 Å². The molecule has 26 heavy (non-hydrogen) atoms. The zero-order valence-corrected chi connectivity index (χ0v) is 15.7. The van der Waals surface area contributed by atoms with Crippen LogP contribution in [-0.4, -0.2) is 9.97 Å². The van der Waals surface area contributed by atoms with E-state index in [1.807, 2.05) is 73.7 Å². The summed E-state index contributed by atoms with van der Waals surface area (Å²) in [5.74, 6) is 1.53. The normalized spacial score (nSPS) is 10.7. The molecule has 0 atom stereocenters. The van der Waals surface area contributed by atoms with Gasteiger partial charge in [-0.25, -0.2) is 9.97 Å². The van der Waals surface area contributed by atoms with Gasteiger partial charge in [0, 0.05) is 21.7 Å². The van der Waals surface area contributed by atoms with Gasteiger partial charge in [-0.3, -0.25) is 0 Å². The first-order valence-electron chi connectivity index (χ1n) is 8.21. The van der Waals surface area contributed by atoms with Crippen molar-refractivity contribution in [3.8, 4) is 11.5 Å². The van der Waals surface area contributed by atoms with Gasteiger partial charge in [-0.2, -0.15) is 0 Å². The van der Waals surface area contributed by atoms with E-state index in [0.717, 1.165) is 44.1 Å². The summed E-state index contributed by atoms with van der Waals surface area (Å²) in [5.41, 5.74) is 3.45. The Hall–Kier alpha value is -2.92. The molecule has 128 valence electrons. The number of aryl methyl sites for hydroxylation is 1. The van der Waals surface area contributed by atoms with Gasteiger partial charge in [-0.05, 0) is 55.5 Å². The molecule has 4 rings (SSSR count). The third kappa shape index (κ3) is 3.53. The second-order valence-corrected chi connectivity index (χ2v) is 6.78. The molecule has 0 spiro atoms. The van der Waals surface area contributed by atoms with E-state index < -0.39 is 0 Å². The van der Waals surface area contributed by atoms with Crippen LogP contribution in [0.3, 0.4) is 0 Å². The minimum absolute atomic E-state index is 0.718. The molecule has 5 heteroatoms. The van der Waals surface area contributed by atoms with Gasteiger partial charge in [-0.15, -0.1) is 0 Å². The molecule has 0 aliphatic carbocycles. The van der Waals surface area contributed by atoms with Crippen LogP contribution in [0.5, 0.6) is 11.5 Å². The summed E-state index contributed by atoms with van der Waals surface area (Å²) in [6.07, 6.45) is 1.76. The van der Waals surface area contributed by atoms with Crippen molar-refractivity contribution in [3.63, 3.8) is 0 Å². The summed E-state index contributed by atoms with van der Waals surface area (Å²) in [7, 11) is 0. The molecule has 0 fully saturated rings. The van der Waals surface area contributed by atoms with Crippen molar-refractivity contribution >= 4 is 38.3 Å². The third-order valence-electron chi connectivity index (χ3n) is 3.92. The molecule has 0 radical (unpaired) electrons. The number of fused-ring (bicyclic) bond motifs is 1. The highest BCUT2D eigenvalue weighted by Crippen LogP contribution is 2.35. The number of para-hydroxylation sites is 1. The number of ether oxygens (including phenoxy) is 1. The first-order valence-corrected chi connectivity index (χ1v) is 9.00. The number of benzene rings is 2. The Bertz CT molecular complexity index is 1070. The highest BCUT2D eigenvalue weighted by molar-refractivity contribution is 9.10. The molecule has 0 aliphatic heterocycles. The molecular formula is C21H16BrN3O. The van der Waals surface area contributed by atoms with E-state index >= 15 is 0 Å². The molecule has 2 aromatic heterocycles. The lowest BCUT2D eigenvalue weighted by Crippen LogP contribution is -1.97. The highest BCUT2D eigenvalue weighted by Gasteiger charge is 2.09. The minimum Gasteiger partial charge on any atom is -0.455 e. The SMILES string of the molecule is Cc1ccc2c(Nc3cc(Br)ccc3Oc3ccccc3)ccnc2n1.